The molecule has 0 aromatic rings. The van der Waals surface area contributed by atoms with Crippen LogP contribution in [0, 0.1) is 30.7 Å². The Hall–Kier alpha value is 1.05. The summed E-state index contributed by atoms with van der Waals surface area (Å²) in [6.45, 7) is 1.78. The topological polar surface area (TPSA) is 393 Å². The van der Waals surface area contributed by atoms with Crippen LogP contribution in [-0.2, 0) is 16.8 Å². The third kappa shape index (κ3) is 126. The maximum Gasteiger partial charge on any atom is 3.00 e. The summed E-state index contributed by atoms with van der Waals surface area (Å²) in [5.41, 5.74) is 21.7. The van der Waals surface area contributed by atoms with Gasteiger partial charge in [0.1, 0.15) is 0 Å². The molecule has 28 heavy (non-hydrogen) atoms. The molecule has 0 heterocycles. The fourth-order valence-corrected chi connectivity index (χ4v) is 1.28. The van der Waals surface area contributed by atoms with Gasteiger partial charge in [-0.25, -0.2) is 55.9 Å². The molecule has 0 aliphatic carbocycles. The summed E-state index contributed by atoms with van der Waals surface area (Å²) in [5.74, 6) is 0.909. The maximum absolute atomic E-state index is 8.49. The van der Waals surface area contributed by atoms with Gasteiger partial charge in [0.05, 0.1) is 11.5 Å². The Labute approximate surface area is 180 Å². The molecule has 0 aromatic heterocycles. The average molecular weight is 551 g/mol. The number of rotatable bonds is 7. The zero-order valence-electron chi connectivity index (χ0n) is 13.6. The van der Waals surface area contributed by atoms with Gasteiger partial charge >= 0.3 is 16.8 Å². The molecule has 0 aliphatic heterocycles. The molecule has 2 atom stereocenters. The summed E-state index contributed by atoms with van der Waals surface area (Å²) < 4.78 is 102. The van der Waals surface area contributed by atoms with Crippen LogP contribution in [-0.4, -0.2) is 36.9 Å². The van der Waals surface area contributed by atoms with Gasteiger partial charge in [0.2, 0.25) is 0 Å². The van der Waals surface area contributed by atoms with E-state index in [1.165, 1.54) is 0 Å². The van der Waals surface area contributed by atoms with Crippen molar-refractivity contribution in [3.8, 4) is 0 Å². The van der Waals surface area contributed by atoms with Crippen LogP contribution in [0.5, 0.6) is 0 Å². The third-order valence-corrected chi connectivity index (χ3v) is 2.39. The first-order valence-corrected chi connectivity index (χ1v) is 10.6. The number of thioether (sulfide) groups is 1. The van der Waals surface area contributed by atoms with Crippen molar-refractivity contribution in [2.75, 3.05) is 25.4 Å². The van der Waals surface area contributed by atoms with Crippen LogP contribution in [0.3, 0.4) is 0 Å². The largest absolute Gasteiger partial charge is 3.00 e. The van der Waals surface area contributed by atoms with Gasteiger partial charge in [-0.1, -0.05) is 0 Å². The van der Waals surface area contributed by atoms with Crippen LogP contribution in [0.25, 0.3) is 0 Å². The van der Waals surface area contributed by atoms with Crippen LogP contribution < -0.4 is 84.2 Å². The van der Waals surface area contributed by atoms with Crippen molar-refractivity contribution in [1.82, 2.24) is 5.32 Å². The Kier molecular flexibility index (Phi) is 30.0. The second-order valence-electron chi connectivity index (χ2n) is 3.58. The summed E-state index contributed by atoms with van der Waals surface area (Å²) in [6.07, 6.45) is -0.111. The second kappa shape index (κ2) is 21.3. The van der Waals surface area contributed by atoms with Crippen LogP contribution >= 0.6 is 11.8 Å². The monoisotopic (exact) mass is 549 g/mol. The van der Waals surface area contributed by atoms with E-state index in [1.807, 2.05) is 0 Å². The maximum atomic E-state index is 8.49. The van der Waals surface area contributed by atoms with Crippen molar-refractivity contribution >= 4 is 11.8 Å². The average Bonchev–Trinajstić information content (AvgIpc) is 2.37. The number of halogens is 3. The standard InChI is InChI=1S/C6H19N5S.3ClHO4.Co/c7-3-5(9)11-1-2-12-6(10)4-8;3*2-1(3,4)5;/h5-6,11H,1-4,7-10H2;3*(H,2,3,4,5);/q;;;;+3/p-3. The van der Waals surface area contributed by atoms with Crippen molar-refractivity contribution in [2.24, 2.45) is 22.9 Å². The molecule has 22 heteroatoms. The molecule has 0 amide bonds. The smallest absolute Gasteiger partial charge is 0.328 e. The van der Waals surface area contributed by atoms with E-state index < -0.39 is 30.7 Å². The summed E-state index contributed by atoms with van der Waals surface area (Å²) >= 11 is 1.62. The summed E-state index contributed by atoms with van der Waals surface area (Å²) in [6, 6.07) is 0. The molecule has 0 radical (unpaired) electrons. The Morgan fingerprint density at radius 3 is 1.18 bits per heavy atom. The quantitative estimate of drug-likeness (QED) is 0.145. The number of nitrogens with one attached hydrogen (secondary N) is 1. The second-order valence-corrected chi connectivity index (χ2v) is 7.19. The van der Waals surface area contributed by atoms with Gasteiger partial charge in [-0.05, 0) is 0 Å². The SMILES string of the molecule is NCC(N)NCCSC(N)CN.[Co+3].[O-][Cl+3]([O-])([O-])[O-].[O-][Cl+3]([O-])([O-])[O-].[O-][Cl+3]([O-])([O-])[O-]. The molecule has 9 N–H and O–H groups in total. The van der Waals surface area contributed by atoms with Gasteiger partial charge in [0.25, 0.3) is 0 Å². The summed E-state index contributed by atoms with van der Waals surface area (Å²) in [5, 5.41) is 3.08. The van der Waals surface area contributed by atoms with Crippen molar-refractivity contribution in [1.29, 1.82) is 0 Å². The van der Waals surface area contributed by atoms with E-state index >= 15 is 0 Å². The van der Waals surface area contributed by atoms with E-state index in [-0.39, 0.29) is 28.3 Å². The molecular formula is C6H19Cl3CoN5O12S. The minimum atomic E-state index is -4.94. The molecule has 17 nitrogen and oxygen atoms in total. The van der Waals surface area contributed by atoms with Crippen LogP contribution in [0.4, 0.5) is 0 Å². The summed E-state index contributed by atoms with van der Waals surface area (Å²) in [4.78, 5) is 0. The Morgan fingerprint density at radius 1 is 0.679 bits per heavy atom. The van der Waals surface area contributed by atoms with Gasteiger partial charge in [-0.3, -0.25) is 0 Å². The zero-order chi connectivity index (χ0) is 22.9. The fourth-order valence-electron chi connectivity index (χ4n) is 0.606. The van der Waals surface area contributed by atoms with Crippen molar-refractivity contribution in [3.05, 3.63) is 0 Å². The van der Waals surface area contributed by atoms with Crippen LogP contribution in [0.15, 0.2) is 0 Å². The van der Waals surface area contributed by atoms with Crippen LogP contribution in [0.1, 0.15) is 0 Å². The normalized spacial score (nSPS) is 13.3. The van der Waals surface area contributed by atoms with Gasteiger partial charge in [0, 0.05) is 25.4 Å². The minimum Gasteiger partial charge on any atom is -0.328 e. The van der Waals surface area contributed by atoms with Crippen molar-refractivity contribution in [3.63, 3.8) is 0 Å². The molecule has 0 fully saturated rings. The number of hydrogen-bond donors (Lipinski definition) is 5. The molecule has 2 unspecified atom stereocenters. The Bertz CT molecular complexity index is 267. The van der Waals surface area contributed by atoms with Gasteiger partial charge in [0.15, 0.2) is 0 Å². The van der Waals surface area contributed by atoms with Gasteiger partial charge in [-0.2, -0.15) is 0 Å². The predicted octanol–water partition coefficient (Wildman–Crippen LogP) is -16.5. The van der Waals surface area contributed by atoms with E-state index in [9.17, 15) is 0 Å². The first-order chi connectivity index (χ1) is 11.7. The van der Waals surface area contributed by atoms with Gasteiger partial charge in [-0.15, -0.1) is 42.5 Å². The fraction of sp³-hybridized carbons (Fsp3) is 1.00. The first-order valence-electron chi connectivity index (χ1n) is 5.82. The van der Waals surface area contributed by atoms with E-state index in [2.05, 4.69) is 5.32 Å². The van der Waals surface area contributed by atoms with E-state index in [4.69, 9.17) is 78.8 Å². The molecular weight excluding hydrogens is 531 g/mol. The summed E-state index contributed by atoms with van der Waals surface area (Å²) in [7, 11) is -14.8. The predicted molar refractivity (Wildman–Crippen MR) is 54.5 cm³/mol. The zero-order valence-corrected chi connectivity index (χ0v) is 17.7. The van der Waals surface area contributed by atoms with Crippen molar-refractivity contribution in [2.45, 2.75) is 11.5 Å². The Morgan fingerprint density at radius 2 is 0.964 bits per heavy atom. The third-order valence-electron chi connectivity index (χ3n) is 1.33. The van der Waals surface area contributed by atoms with Crippen LogP contribution in [0.2, 0.25) is 0 Å². The molecule has 0 rings (SSSR count). The first kappa shape index (κ1) is 39.5. The minimum absolute atomic E-state index is 0. The van der Waals surface area contributed by atoms with Gasteiger partial charge < -0.3 is 28.3 Å². The Balaban J connectivity index is -0.0000000927. The van der Waals surface area contributed by atoms with E-state index in [0.29, 0.717) is 13.1 Å². The molecule has 0 aromatic carbocycles. The molecule has 176 valence electrons. The number of hydrogen-bond acceptors (Lipinski definition) is 18. The molecule has 0 saturated carbocycles. The molecule has 0 aliphatic rings. The van der Waals surface area contributed by atoms with Crippen molar-refractivity contribution < 1.29 is 103 Å². The van der Waals surface area contributed by atoms with E-state index in [1.54, 1.807) is 11.8 Å². The van der Waals surface area contributed by atoms with E-state index in [0.717, 1.165) is 12.3 Å². The molecule has 0 spiro atoms. The molecule has 0 saturated heterocycles. The number of nitrogens with two attached hydrogens (primary N) is 4. The molecule has 0 bridgehead atoms.